The van der Waals surface area contributed by atoms with Crippen LogP contribution in [0.25, 0.3) is 0 Å². The van der Waals surface area contributed by atoms with Crippen LogP contribution in [0.1, 0.15) is 65.7 Å². The Labute approximate surface area is 182 Å². The molecule has 0 spiro atoms. The van der Waals surface area contributed by atoms with Crippen LogP contribution in [-0.4, -0.2) is 66.2 Å². The minimum Gasteiger partial charge on any atom is -0.385 e. The van der Waals surface area contributed by atoms with Crippen molar-refractivity contribution in [1.82, 2.24) is 15.1 Å². The summed E-state index contributed by atoms with van der Waals surface area (Å²) in [6.07, 6.45) is 6.34. The summed E-state index contributed by atoms with van der Waals surface area (Å²) in [7, 11) is 2.18. The summed E-state index contributed by atoms with van der Waals surface area (Å²) in [5, 5.41) is 5.56. The van der Waals surface area contributed by atoms with Gasteiger partial charge < -0.3 is 10.2 Å². The molecule has 3 aliphatic rings. The van der Waals surface area contributed by atoms with Crippen molar-refractivity contribution in [3.05, 3.63) is 29.3 Å². The van der Waals surface area contributed by atoms with Crippen molar-refractivity contribution >= 4 is 29.3 Å². The highest BCUT2D eigenvalue weighted by Gasteiger charge is 2.44. The number of hydrogen-bond acceptors (Lipinski definition) is 6. The molecule has 3 heterocycles. The van der Waals surface area contributed by atoms with Gasteiger partial charge >= 0.3 is 0 Å². The number of fused-ring (bicyclic) bond motifs is 1. The van der Waals surface area contributed by atoms with Gasteiger partial charge in [0.15, 0.2) is 0 Å². The smallest absolute Gasteiger partial charge is 0.262 e. The molecule has 0 aromatic heterocycles. The summed E-state index contributed by atoms with van der Waals surface area (Å²) in [4.78, 5) is 52.5. The van der Waals surface area contributed by atoms with Crippen LogP contribution >= 0.6 is 0 Å². The van der Waals surface area contributed by atoms with Gasteiger partial charge in [0, 0.05) is 18.7 Å². The first-order chi connectivity index (χ1) is 14.9. The van der Waals surface area contributed by atoms with E-state index in [1.54, 1.807) is 18.2 Å². The molecule has 2 saturated heterocycles. The average Bonchev–Trinajstić information content (AvgIpc) is 2.99. The van der Waals surface area contributed by atoms with Crippen LogP contribution in [0.3, 0.4) is 0 Å². The maximum absolute atomic E-state index is 12.9. The van der Waals surface area contributed by atoms with Crippen LogP contribution < -0.4 is 10.6 Å². The first kappa shape index (κ1) is 21.5. The summed E-state index contributed by atoms with van der Waals surface area (Å²) in [5.74, 6) is -1.08. The summed E-state index contributed by atoms with van der Waals surface area (Å²) in [6.45, 7) is 3.20. The molecule has 0 saturated carbocycles. The first-order valence-corrected chi connectivity index (χ1v) is 11.2. The third-order valence-electron chi connectivity index (χ3n) is 6.65. The van der Waals surface area contributed by atoms with Gasteiger partial charge in [-0.15, -0.1) is 0 Å². The number of piperidine rings is 2. The van der Waals surface area contributed by atoms with Crippen molar-refractivity contribution in [3.8, 4) is 0 Å². The lowest BCUT2D eigenvalue weighted by Crippen LogP contribution is -2.54. The van der Waals surface area contributed by atoms with Crippen molar-refractivity contribution in [1.29, 1.82) is 0 Å². The standard InChI is InChI=1S/C23H30N4O4/c1-26-12-9-15(10-13-26)4-2-3-11-24-16-5-6-17-18(14-16)23(31)27(22(17)30)19-7-8-20(28)25-21(19)29/h5-6,14-15,19,24H,2-4,7-13H2,1H3,(H,25,28,29). The molecule has 8 nitrogen and oxygen atoms in total. The molecule has 0 radical (unpaired) electrons. The Hall–Kier alpha value is -2.74. The van der Waals surface area contributed by atoms with Crippen molar-refractivity contribution in [2.45, 2.75) is 51.0 Å². The highest BCUT2D eigenvalue weighted by Crippen LogP contribution is 2.29. The molecule has 0 aliphatic carbocycles. The molecule has 4 rings (SSSR count). The molecular formula is C23H30N4O4. The second-order valence-corrected chi connectivity index (χ2v) is 8.88. The number of carbonyl (C=O) groups is 4. The summed E-state index contributed by atoms with van der Waals surface area (Å²) < 4.78 is 0. The largest absolute Gasteiger partial charge is 0.385 e. The van der Waals surface area contributed by atoms with E-state index < -0.39 is 23.8 Å². The van der Waals surface area contributed by atoms with Gasteiger partial charge in [0.1, 0.15) is 6.04 Å². The quantitative estimate of drug-likeness (QED) is 0.511. The van der Waals surface area contributed by atoms with Gasteiger partial charge in [0.2, 0.25) is 11.8 Å². The van der Waals surface area contributed by atoms with Gasteiger partial charge in [-0.25, -0.2) is 0 Å². The van der Waals surface area contributed by atoms with Crippen LogP contribution in [0.2, 0.25) is 0 Å². The highest BCUT2D eigenvalue weighted by atomic mass is 16.2. The number of likely N-dealkylation sites (tertiary alicyclic amines) is 1. The number of imide groups is 2. The molecule has 4 amide bonds. The van der Waals surface area contributed by atoms with Gasteiger partial charge in [-0.2, -0.15) is 0 Å². The molecule has 31 heavy (non-hydrogen) atoms. The van der Waals surface area contributed by atoms with Crippen LogP contribution in [-0.2, 0) is 9.59 Å². The minimum absolute atomic E-state index is 0.119. The SMILES string of the molecule is CN1CCC(CCCCNc2ccc3c(c2)C(=O)N(C2CCC(=O)NC2=O)C3=O)CC1. The molecule has 2 N–H and O–H groups in total. The molecule has 0 bridgehead atoms. The first-order valence-electron chi connectivity index (χ1n) is 11.2. The van der Waals surface area contributed by atoms with Crippen molar-refractivity contribution in [2.24, 2.45) is 5.92 Å². The zero-order valence-corrected chi connectivity index (χ0v) is 18.0. The lowest BCUT2D eigenvalue weighted by atomic mass is 9.92. The van der Waals surface area contributed by atoms with Crippen LogP contribution in [0.5, 0.6) is 0 Å². The average molecular weight is 427 g/mol. The third kappa shape index (κ3) is 4.63. The van der Waals surface area contributed by atoms with Crippen LogP contribution in [0, 0.1) is 5.92 Å². The van der Waals surface area contributed by atoms with E-state index in [2.05, 4.69) is 22.6 Å². The van der Waals surface area contributed by atoms with E-state index >= 15 is 0 Å². The number of amides is 4. The van der Waals surface area contributed by atoms with Crippen molar-refractivity contribution < 1.29 is 19.2 Å². The van der Waals surface area contributed by atoms with Gasteiger partial charge in [0.25, 0.3) is 11.8 Å². The van der Waals surface area contributed by atoms with Crippen LogP contribution in [0.4, 0.5) is 5.69 Å². The number of carbonyl (C=O) groups excluding carboxylic acids is 4. The van der Waals surface area contributed by atoms with Crippen LogP contribution in [0.15, 0.2) is 18.2 Å². The van der Waals surface area contributed by atoms with Gasteiger partial charge in [0.05, 0.1) is 11.1 Å². The number of nitrogens with one attached hydrogen (secondary N) is 2. The Morgan fingerprint density at radius 2 is 1.74 bits per heavy atom. The molecule has 1 aromatic rings. The summed E-state index contributed by atoms with van der Waals surface area (Å²) in [5.41, 5.74) is 1.41. The van der Waals surface area contributed by atoms with Crippen molar-refractivity contribution in [2.75, 3.05) is 32.0 Å². The second-order valence-electron chi connectivity index (χ2n) is 8.88. The second kappa shape index (κ2) is 9.18. The molecule has 1 aromatic carbocycles. The predicted octanol–water partition coefficient (Wildman–Crippen LogP) is 2.01. The predicted molar refractivity (Wildman–Crippen MR) is 116 cm³/mol. The van der Waals surface area contributed by atoms with E-state index in [1.165, 1.54) is 38.8 Å². The zero-order valence-electron chi connectivity index (χ0n) is 18.0. The third-order valence-corrected chi connectivity index (χ3v) is 6.65. The monoisotopic (exact) mass is 426 g/mol. The van der Waals surface area contributed by atoms with E-state index in [0.29, 0.717) is 11.1 Å². The number of nitrogens with zero attached hydrogens (tertiary/aromatic N) is 2. The van der Waals surface area contributed by atoms with E-state index in [-0.39, 0.29) is 18.7 Å². The topological polar surface area (TPSA) is 98.8 Å². The van der Waals surface area contributed by atoms with E-state index in [0.717, 1.165) is 29.5 Å². The molecule has 1 unspecified atom stereocenters. The minimum atomic E-state index is -0.930. The Morgan fingerprint density at radius 1 is 1.00 bits per heavy atom. The Morgan fingerprint density at radius 3 is 2.48 bits per heavy atom. The maximum Gasteiger partial charge on any atom is 0.262 e. The fourth-order valence-electron chi connectivity index (χ4n) is 4.72. The fourth-order valence-corrected chi connectivity index (χ4v) is 4.72. The number of hydrogen-bond donors (Lipinski definition) is 2. The normalized spacial score (nSPS) is 22.6. The lowest BCUT2D eigenvalue weighted by Gasteiger charge is -2.28. The van der Waals surface area contributed by atoms with Gasteiger partial charge in [-0.1, -0.05) is 12.8 Å². The Kier molecular flexibility index (Phi) is 6.36. The van der Waals surface area contributed by atoms with E-state index in [4.69, 9.17) is 0 Å². The molecule has 1 atom stereocenters. The van der Waals surface area contributed by atoms with Gasteiger partial charge in [-0.05, 0) is 69.9 Å². The summed E-state index contributed by atoms with van der Waals surface area (Å²) in [6, 6.07) is 4.21. The Balaban J connectivity index is 1.30. The molecular weight excluding hydrogens is 396 g/mol. The van der Waals surface area contributed by atoms with E-state index in [1.807, 2.05) is 0 Å². The van der Waals surface area contributed by atoms with Gasteiger partial charge in [-0.3, -0.25) is 29.4 Å². The number of anilines is 1. The van der Waals surface area contributed by atoms with Crippen molar-refractivity contribution in [3.63, 3.8) is 0 Å². The zero-order chi connectivity index (χ0) is 22.0. The number of benzene rings is 1. The fraction of sp³-hybridized carbons (Fsp3) is 0.565. The maximum atomic E-state index is 12.9. The molecule has 8 heteroatoms. The number of rotatable bonds is 7. The molecule has 2 fully saturated rings. The lowest BCUT2D eigenvalue weighted by molar-refractivity contribution is -0.136. The van der Waals surface area contributed by atoms with E-state index in [9.17, 15) is 19.2 Å². The molecule has 166 valence electrons. The molecule has 3 aliphatic heterocycles. The summed E-state index contributed by atoms with van der Waals surface area (Å²) >= 11 is 0. The highest BCUT2D eigenvalue weighted by molar-refractivity contribution is 6.23. The Bertz CT molecular complexity index is 892. The number of unbranched alkanes of at least 4 members (excludes halogenated alkanes) is 1.